The van der Waals surface area contributed by atoms with Crippen LogP contribution in [0.4, 0.5) is 14.5 Å². The van der Waals surface area contributed by atoms with Gasteiger partial charge in [0.2, 0.25) is 0 Å². The number of fused-ring (bicyclic) bond motifs is 1. The van der Waals surface area contributed by atoms with Crippen LogP contribution < -0.4 is 9.46 Å². The maximum absolute atomic E-state index is 14.1. The molecule has 0 radical (unpaired) electrons. The molecule has 3 rings (SSSR count). The first kappa shape index (κ1) is 17.9. The van der Waals surface area contributed by atoms with Gasteiger partial charge in [-0.2, -0.15) is 17.9 Å². The van der Waals surface area contributed by atoms with E-state index < -0.39 is 44.3 Å². The SMILES string of the molecule is COc1ncc(F)c2nc(S(=O)(=O)Nc3c(F)cccc3C(C)O)nn12. The molecule has 26 heavy (non-hydrogen) atoms. The van der Waals surface area contributed by atoms with E-state index in [9.17, 15) is 22.3 Å². The Hall–Kier alpha value is -2.86. The molecule has 1 aromatic carbocycles. The Morgan fingerprint density at radius 2 is 2.04 bits per heavy atom. The second kappa shape index (κ2) is 6.46. The molecular formula is C14H13F2N5O4S. The molecule has 1 unspecified atom stereocenters. The van der Waals surface area contributed by atoms with Gasteiger partial charge >= 0.3 is 6.01 Å². The number of rotatable bonds is 5. The monoisotopic (exact) mass is 385 g/mol. The van der Waals surface area contributed by atoms with Gasteiger partial charge in [-0.3, -0.25) is 4.72 Å². The van der Waals surface area contributed by atoms with E-state index in [2.05, 4.69) is 15.1 Å². The normalized spacial score (nSPS) is 13.0. The van der Waals surface area contributed by atoms with E-state index >= 15 is 0 Å². The van der Waals surface area contributed by atoms with Crippen molar-refractivity contribution in [3.63, 3.8) is 0 Å². The van der Waals surface area contributed by atoms with Gasteiger partial charge in [0.1, 0.15) is 5.82 Å². The van der Waals surface area contributed by atoms with Crippen LogP contribution >= 0.6 is 0 Å². The molecule has 0 fully saturated rings. The summed E-state index contributed by atoms with van der Waals surface area (Å²) in [7, 11) is -3.25. The third kappa shape index (κ3) is 3.04. The van der Waals surface area contributed by atoms with Gasteiger partial charge in [-0.25, -0.2) is 13.8 Å². The number of para-hydroxylation sites is 1. The fourth-order valence-corrected chi connectivity index (χ4v) is 3.21. The van der Waals surface area contributed by atoms with Crippen LogP contribution in [0.5, 0.6) is 6.01 Å². The Kier molecular flexibility index (Phi) is 4.46. The zero-order valence-electron chi connectivity index (χ0n) is 13.5. The lowest BCUT2D eigenvalue weighted by molar-refractivity contribution is 0.199. The summed E-state index contributed by atoms with van der Waals surface area (Å²) in [4.78, 5) is 7.23. The van der Waals surface area contributed by atoms with Crippen LogP contribution in [0.15, 0.2) is 29.6 Å². The number of aliphatic hydroxyl groups excluding tert-OH is 1. The Bertz CT molecular complexity index is 1080. The van der Waals surface area contributed by atoms with Crippen LogP contribution in [0.2, 0.25) is 0 Å². The van der Waals surface area contributed by atoms with E-state index in [1.54, 1.807) is 0 Å². The highest BCUT2D eigenvalue weighted by molar-refractivity contribution is 7.92. The number of nitrogens with zero attached hydrogens (tertiary/aromatic N) is 4. The molecule has 12 heteroatoms. The number of aliphatic hydroxyl groups is 1. The molecule has 3 aromatic rings. The first-order valence-electron chi connectivity index (χ1n) is 7.19. The second-order valence-corrected chi connectivity index (χ2v) is 6.78. The summed E-state index contributed by atoms with van der Waals surface area (Å²) in [5.74, 6) is -1.82. The minimum atomic E-state index is -4.49. The van der Waals surface area contributed by atoms with E-state index in [4.69, 9.17) is 4.74 Å². The Morgan fingerprint density at radius 3 is 2.69 bits per heavy atom. The number of aromatic nitrogens is 4. The van der Waals surface area contributed by atoms with Crippen molar-refractivity contribution in [2.45, 2.75) is 18.2 Å². The zero-order valence-corrected chi connectivity index (χ0v) is 14.3. The molecule has 0 aliphatic rings. The summed E-state index contributed by atoms with van der Waals surface area (Å²) in [5.41, 5.74) is -0.865. The average molecular weight is 385 g/mol. The molecule has 9 nitrogen and oxygen atoms in total. The van der Waals surface area contributed by atoms with Gasteiger partial charge in [-0.1, -0.05) is 12.1 Å². The number of methoxy groups -OCH3 is 1. The molecule has 0 bridgehead atoms. The highest BCUT2D eigenvalue weighted by Gasteiger charge is 2.26. The predicted molar refractivity (Wildman–Crippen MR) is 85.1 cm³/mol. The van der Waals surface area contributed by atoms with Crippen LogP contribution in [0, 0.1) is 11.6 Å². The van der Waals surface area contributed by atoms with Crippen molar-refractivity contribution >= 4 is 21.4 Å². The molecule has 0 spiro atoms. The molecule has 0 saturated heterocycles. The number of benzene rings is 1. The molecule has 0 aliphatic heterocycles. The summed E-state index contributed by atoms with van der Waals surface area (Å²) in [6, 6.07) is 3.51. The molecule has 2 aromatic heterocycles. The molecule has 138 valence electrons. The van der Waals surface area contributed by atoms with E-state index in [0.29, 0.717) is 0 Å². The van der Waals surface area contributed by atoms with Gasteiger partial charge in [0, 0.05) is 5.56 Å². The molecule has 0 saturated carbocycles. The van der Waals surface area contributed by atoms with Gasteiger partial charge in [-0.15, -0.1) is 5.10 Å². The number of halogens is 2. The standard InChI is InChI=1S/C14H13F2N5O4S/c1-7(22)8-4-3-5-9(15)11(8)20-26(23,24)13-18-12-10(16)6-17-14(25-2)21(12)19-13/h3-7,20,22H,1-2H3. The minimum absolute atomic E-state index is 0.0165. The first-order chi connectivity index (χ1) is 12.2. The van der Waals surface area contributed by atoms with E-state index in [-0.39, 0.29) is 11.6 Å². The predicted octanol–water partition coefficient (Wildman–Crippen LogP) is 1.27. The summed E-state index contributed by atoms with van der Waals surface area (Å²) >= 11 is 0. The lowest BCUT2D eigenvalue weighted by atomic mass is 10.1. The molecule has 0 aliphatic carbocycles. The summed E-state index contributed by atoms with van der Waals surface area (Å²) in [6.45, 7) is 1.35. The van der Waals surface area contributed by atoms with Crippen molar-refractivity contribution in [2.75, 3.05) is 11.8 Å². The lowest BCUT2D eigenvalue weighted by Crippen LogP contribution is -2.17. The van der Waals surface area contributed by atoms with Crippen LogP contribution in [0.3, 0.4) is 0 Å². The van der Waals surface area contributed by atoms with E-state index in [1.807, 2.05) is 4.72 Å². The number of sulfonamides is 1. The van der Waals surface area contributed by atoms with Gasteiger partial charge in [0.25, 0.3) is 15.2 Å². The van der Waals surface area contributed by atoms with Gasteiger partial charge in [0.15, 0.2) is 11.5 Å². The quantitative estimate of drug-likeness (QED) is 0.679. The average Bonchev–Trinajstić information content (AvgIpc) is 3.04. The first-order valence-corrected chi connectivity index (χ1v) is 8.67. The third-order valence-electron chi connectivity index (χ3n) is 3.43. The highest BCUT2D eigenvalue weighted by Crippen LogP contribution is 2.28. The van der Waals surface area contributed by atoms with Crippen LogP contribution in [-0.2, 0) is 10.0 Å². The maximum Gasteiger partial charge on any atom is 0.319 e. The molecule has 0 amide bonds. The fraction of sp³-hybridized carbons (Fsp3) is 0.214. The van der Waals surface area contributed by atoms with Crippen molar-refractivity contribution in [3.05, 3.63) is 41.6 Å². The van der Waals surface area contributed by atoms with Crippen molar-refractivity contribution in [1.29, 1.82) is 0 Å². The van der Waals surface area contributed by atoms with Crippen LogP contribution in [0.25, 0.3) is 5.65 Å². The largest absolute Gasteiger partial charge is 0.467 e. The number of nitrogens with one attached hydrogen (secondary N) is 1. The Labute approximate surface area is 146 Å². The van der Waals surface area contributed by atoms with Gasteiger partial charge in [0.05, 0.1) is 25.1 Å². The van der Waals surface area contributed by atoms with Gasteiger partial charge in [-0.05, 0) is 13.0 Å². The third-order valence-corrected chi connectivity index (χ3v) is 4.55. The van der Waals surface area contributed by atoms with Crippen molar-refractivity contribution in [3.8, 4) is 6.01 Å². The van der Waals surface area contributed by atoms with Crippen LogP contribution in [-0.4, -0.2) is 40.2 Å². The topological polar surface area (TPSA) is 119 Å². The Balaban J connectivity index is 2.11. The number of hydrogen-bond acceptors (Lipinski definition) is 7. The molecule has 1 atom stereocenters. The van der Waals surface area contributed by atoms with Gasteiger partial charge < -0.3 is 9.84 Å². The minimum Gasteiger partial charge on any atom is -0.467 e. The zero-order chi connectivity index (χ0) is 19.1. The fourth-order valence-electron chi connectivity index (χ4n) is 2.24. The molecular weight excluding hydrogens is 372 g/mol. The van der Waals surface area contributed by atoms with Crippen LogP contribution in [0.1, 0.15) is 18.6 Å². The molecule has 2 N–H and O–H groups in total. The molecule has 2 heterocycles. The second-order valence-electron chi connectivity index (χ2n) is 5.21. The Morgan fingerprint density at radius 1 is 1.31 bits per heavy atom. The highest BCUT2D eigenvalue weighted by atomic mass is 32.2. The summed E-state index contributed by atoms with van der Waals surface area (Å²) < 4.78 is 60.6. The summed E-state index contributed by atoms with van der Waals surface area (Å²) in [5, 5.41) is 12.5. The maximum atomic E-state index is 14.1. The number of anilines is 1. The van der Waals surface area contributed by atoms with E-state index in [0.717, 1.165) is 16.8 Å². The lowest BCUT2D eigenvalue weighted by Gasteiger charge is -2.13. The van der Waals surface area contributed by atoms with Crippen molar-refractivity contribution in [2.24, 2.45) is 0 Å². The number of hydrogen-bond donors (Lipinski definition) is 2. The van der Waals surface area contributed by atoms with E-state index in [1.165, 1.54) is 26.2 Å². The smallest absolute Gasteiger partial charge is 0.319 e. The summed E-state index contributed by atoms with van der Waals surface area (Å²) in [6.07, 6.45) is -0.339. The van der Waals surface area contributed by atoms with Crippen molar-refractivity contribution < 1.29 is 27.0 Å². The van der Waals surface area contributed by atoms with Crippen molar-refractivity contribution in [1.82, 2.24) is 19.6 Å². The number of ether oxygens (including phenoxy) is 1.